The first-order valence-corrected chi connectivity index (χ1v) is 12.3. The van der Waals surface area contributed by atoms with E-state index in [1.807, 2.05) is 0 Å². The molecule has 2 aliphatic heterocycles. The standard InChI is InChI=1S/C24H23ClN2O5S2/c1-30-20-11-15(12-21-23(29)27(24(33)34-21)13-18-3-2-10-31-18)4-9-19(20)32-14-22(28)26-17-7-5-16(25)6-8-17/h4-9,11-12,18H,2-3,10,13-14H2,1H3,(H,26,28)/b21-12-/t18-/m1/s1. The number of hydrogen-bond donors (Lipinski definition) is 1. The van der Waals surface area contributed by atoms with Gasteiger partial charge >= 0.3 is 0 Å². The van der Waals surface area contributed by atoms with Gasteiger partial charge in [-0.3, -0.25) is 14.5 Å². The van der Waals surface area contributed by atoms with Crippen LogP contribution in [0.1, 0.15) is 18.4 Å². The van der Waals surface area contributed by atoms with E-state index >= 15 is 0 Å². The molecule has 2 aromatic rings. The fourth-order valence-electron chi connectivity index (χ4n) is 3.57. The van der Waals surface area contributed by atoms with Crippen LogP contribution in [0.25, 0.3) is 6.08 Å². The Balaban J connectivity index is 1.39. The van der Waals surface area contributed by atoms with Crippen molar-refractivity contribution in [1.29, 1.82) is 0 Å². The van der Waals surface area contributed by atoms with E-state index in [-0.39, 0.29) is 24.5 Å². The second-order valence-corrected chi connectivity index (χ2v) is 9.79. The molecule has 2 aromatic carbocycles. The van der Waals surface area contributed by atoms with Crippen molar-refractivity contribution < 1.29 is 23.8 Å². The Morgan fingerprint density at radius 2 is 2.09 bits per heavy atom. The number of nitrogens with one attached hydrogen (secondary N) is 1. The average Bonchev–Trinajstić information content (AvgIpc) is 3.44. The molecule has 0 aliphatic carbocycles. The maximum absolute atomic E-state index is 12.9. The Bertz CT molecular complexity index is 1120. The quantitative estimate of drug-likeness (QED) is 0.399. The SMILES string of the molecule is COc1cc(/C=C2\SC(=S)N(C[C@H]3CCCO3)C2=O)ccc1OCC(=O)Nc1ccc(Cl)cc1. The van der Waals surface area contributed by atoms with Crippen molar-refractivity contribution in [2.24, 2.45) is 0 Å². The molecule has 1 N–H and O–H groups in total. The highest BCUT2D eigenvalue weighted by atomic mass is 35.5. The second-order valence-electron chi connectivity index (χ2n) is 7.68. The Morgan fingerprint density at radius 1 is 1.29 bits per heavy atom. The van der Waals surface area contributed by atoms with Gasteiger partial charge in [-0.1, -0.05) is 41.6 Å². The molecule has 0 unspecified atom stereocenters. The van der Waals surface area contributed by atoms with Crippen LogP contribution in [0.15, 0.2) is 47.4 Å². The lowest BCUT2D eigenvalue weighted by atomic mass is 10.1. The van der Waals surface area contributed by atoms with Gasteiger partial charge in [0.1, 0.15) is 4.32 Å². The summed E-state index contributed by atoms with van der Waals surface area (Å²) in [6.45, 7) is 1.02. The predicted molar refractivity (Wildman–Crippen MR) is 137 cm³/mol. The minimum absolute atomic E-state index is 0.0373. The normalized spacial score (nSPS) is 19.1. The highest BCUT2D eigenvalue weighted by Gasteiger charge is 2.34. The van der Waals surface area contributed by atoms with Crippen LogP contribution in [0, 0.1) is 0 Å². The Labute approximate surface area is 212 Å². The van der Waals surface area contributed by atoms with Crippen LogP contribution in [0.4, 0.5) is 5.69 Å². The number of amides is 2. The van der Waals surface area contributed by atoms with Crippen molar-refractivity contribution in [1.82, 2.24) is 4.90 Å². The summed E-state index contributed by atoms with van der Waals surface area (Å²) in [5.41, 5.74) is 1.38. The molecule has 0 saturated carbocycles. The number of thiocarbonyl (C=S) groups is 1. The number of halogens is 1. The monoisotopic (exact) mass is 518 g/mol. The number of methoxy groups -OCH3 is 1. The van der Waals surface area contributed by atoms with Crippen molar-refractivity contribution in [2.75, 3.05) is 32.2 Å². The van der Waals surface area contributed by atoms with Crippen molar-refractivity contribution in [3.63, 3.8) is 0 Å². The van der Waals surface area contributed by atoms with Crippen LogP contribution in [-0.2, 0) is 14.3 Å². The lowest BCUT2D eigenvalue weighted by Gasteiger charge is -2.18. The summed E-state index contributed by atoms with van der Waals surface area (Å²) in [6, 6.07) is 12.0. The van der Waals surface area contributed by atoms with Gasteiger partial charge in [0, 0.05) is 17.3 Å². The molecule has 10 heteroatoms. The summed E-state index contributed by atoms with van der Waals surface area (Å²) >= 11 is 12.5. The number of carbonyl (C=O) groups is 2. The molecular weight excluding hydrogens is 496 g/mol. The summed E-state index contributed by atoms with van der Waals surface area (Å²) < 4.78 is 17.2. The molecule has 4 rings (SSSR count). The van der Waals surface area contributed by atoms with Gasteiger partial charge < -0.3 is 19.5 Å². The lowest BCUT2D eigenvalue weighted by Crippen LogP contribution is -2.35. The van der Waals surface area contributed by atoms with Gasteiger partial charge in [0.15, 0.2) is 18.1 Å². The van der Waals surface area contributed by atoms with E-state index < -0.39 is 0 Å². The first kappa shape index (κ1) is 24.5. The molecule has 2 heterocycles. The Morgan fingerprint density at radius 3 is 2.79 bits per heavy atom. The molecule has 2 amide bonds. The number of rotatable bonds is 8. The lowest BCUT2D eigenvalue weighted by molar-refractivity contribution is -0.123. The molecule has 2 aliphatic rings. The van der Waals surface area contributed by atoms with Crippen LogP contribution in [-0.4, -0.2) is 54.0 Å². The van der Waals surface area contributed by atoms with Crippen LogP contribution in [0.3, 0.4) is 0 Å². The molecule has 0 bridgehead atoms. The van der Waals surface area contributed by atoms with Crippen LogP contribution >= 0.6 is 35.6 Å². The predicted octanol–water partition coefficient (Wildman–Crippen LogP) is 4.75. The summed E-state index contributed by atoms with van der Waals surface area (Å²) in [7, 11) is 1.51. The zero-order valence-corrected chi connectivity index (χ0v) is 20.8. The minimum atomic E-state index is -0.316. The van der Waals surface area contributed by atoms with Gasteiger partial charge in [-0.15, -0.1) is 0 Å². The Hall–Kier alpha value is -2.59. The molecular formula is C24H23ClN2O5S2. The molecule has 0 spiro atoms. The Kier molecular flexibility index (Phi) is 8.10. The molecule has 2 saturated heterocycles. The van der Waals surface area contributed by atoms with Gasteiger partial charge in [0.25, 0.3) is 11.8 Å². The van der Waals surface area contributed by atoms with Gasteiger partial charge in [0.2, 0.25) is 0 Å². The third kappa shape index (κ3) is 6.09. The number of nitrogens with zero attached hydrogens (tertiary/aromatic N) is 1. The zero-order chi connectivity index (χ0) is 24.1. The maximum atomic E-state index is 12.9. The van der Waals surface area contributed by atoms with Crippen LogP contribution in [0.2, 0.25) is 5.02 Å². The fourth-order valence-corrected chi connectivity index (χ4v) is 4.97. The number of thioether (sulfide) groups is 1. The van der Waals surface area contributed by atoms with Crippen molar-refractivity contribution in [2.45, 2.75) is 18.9 Å². The molecule has 0 radical (unpaired) electrons. The van der Waals surface area contributed by atoms with Crippen molar-refractivity contribution in [3.8, 4) is 11.5 Å². The highest BCUT2D eigenvalue weighted by Crippen LogP contribution is 2.35. The second kappa shape index (κ2) is 11.2. The van der Waals surface area contributed by atoms with E-state index in [4.69, 9.17) is 38.0 Å². The van der Waals surface area contributed by atoms with E-state index in [1.54, 1.807) is 53.4 Å². The molecule has 7 nitrogen and oxygen atoms in total. The van der Waals surface area contributed by atoms with E-state index in [1.165, 1.54) is 18.9 Å². The number of ether oxygens (including phenoxy) is 3. The summed E-state index contributed by atoms with van der Waals surface area (Å²) in [4.78, 5) is 27.2. The van der Waals surface area contributed by atoms with Gasteiger partial charge in [-0.05, 0) is 60.9 Å². The third-order valence-electron chi connectivity index (χ3n) is 5.26. The smallest absolute Gasteiger partial charge is 0.266 e. The number of benzene rings is 2. The van der Waals surface area contributed by atoms with Gasteiger partial charge in [-0.25, -0.2) is 0 Å². The van der Waals surface area contributed by atoms with E-state index in [0.717, 1.165) is 25.0 Å². The van der Waals surface area contributed by atoms with E-state index in [9.17, 15) is 9.59 Å². The summed E-state index contributed by atoms with van der Waals surface area (Å²) in [5.74, 6) is 0.423. The summed E-state index contributed by atoms with van der Waals surface area (Å²) in [6.07, 6.45) is 3.75. The topological polar surface area (TPSA) is 77.1 Å². The third-order valence-corrected chi connectivity index (χ3v) is 6.89. The number of carbonyl (C=O) groups excluding carboxylic acids is 2. The van der Waals surface area contributed by atoms with Crippen molar-refractivity contribution >= 4 is 63.5 Å². The average molecular weight is 519 g/mol. The molecule has 1 atom stereocenters. The largest absolute Gasteiger partial charge is 0.493 e. The fraction of sp³-hybridized carbons (Fsp3) is 0.292. The zero-order valence-electron chi connectivity index (χ0n) is 18.4. The molecule has 34 heavy (non-hydrogen) atoms. The molecule has 178 valence electrons. The molecule has 0 aromatic heterocycles. The van der Waals surface area contributed by atoms with Crippen molar-refractivity contribution in [3.05, 3.63) is 58.0 Å². The first-order valence-electron chi connectivity index (χ1n) is 10.7. The van der Waals surface area contributed by atoms with Gasteiger partial charge in [-0.2, -0.15) is 0 Å². The van der Waals surface area contributed by atoms with Crippen LogP contribution < -0.4 is 14.8 Å². The van der Waals surface area contributed by atoms with Gasteiger partial charge in [0.05, 0.1) is 24.7 Å². The van der Waals surface area contributed by atoms with Crippen LogP contribution in [0.5, 0.6) is 11.5 Å². The van der Waals surface area contributed by atoms with E-state index in [2.05, 4.69) is 5.32 Å². The molecule has 2 fully saturated rings. The van der Waals surface area contributed by atoms with E-state index in [0.29, 0.717) is 38.0 Å². The number of anilines is 1. The maximum Gasteiger partial charge on any atom is 0.266 e. The highest BCUT2D eigenvalue weighted by molar-refractivity contribution is 8.26. The first-order chi connectivity index (χ1) is 16.4. The summed E-state index contributed by atoms with van der Waals surface area (Å²) in [5, 5.41) is 3.32. The minimum Gasteiger partial charge on any atom is -0.493 e. The number of hydrogen-bond acceptors (Lipinski definition) is 7.